The molecule has 1 aromatic heterocycles. The minimum Gasteiger partial charge on any atom is -0.495 e. The Balaban J connectivity index is 1.58. The van der Waals surface area contributed by atoms with Gasteiger partial charge in [-0.1, -0.05) is 31.5 Å². The molecule has 0 saturated carbocycles. The molecule has 0 spiro atoms. The number of benzene rings is 3. The quantitative estimate of drug-likeness (QED) is 0.360. The van der Waals surface area contributed by atoms with Crippen LogP contribution in [0.3, 0.4) is 0 Å². The van der Waals surface area contributed by atoms with Crippen molar-refractivity contribution in [3.63, 3.8) is 0 Å². The summed E-state index contributed by atoms with van der Waals surface area (Å²) in [5, 5.41) is 2.93. The molecule has 4 aromatic rings. The number of methoxy groups -OCH3 is 1. The number of unbranched alkanes of at least 4 members (excludes halogenated alkanes) is 1. The van der Waals surface area contributed by atoms with Crippen molar-refractivity contribution >= 4 is 22.7 Å². The molecule has 0 fully saturated rings. The standard InChI is InChI=1S/C25H24N2O4/c1-3-4-14-30-19-9-7-8-17(15-19)24(28)26-21-16-18(12-13-22(21)29-2)25-27-20-10-5-6-11-23(20)31-25/h5-13,15-16H,3-4,14H2,1-2H3,(H,26,28). The third kappa shape index (κ3) is 4.69. The lowest BCUT2D eigenvalue weighted by atomic mass is 10.1. The molecule has 6 heteroatoms. The number of hydrogen-bond donors (Lipinski definition) is 1. The van der Waals surface area contributed by atoms with Gasteiger partial charge in [0.2, 0.25) is 5.89 Å². The fraction of sp³-hybridized carbons (Fsp3) is 0.200. The van der Waals surface area contributed by atoms with Crippen LogP contribution < -0.4 is 14.8 Å². The molecule has 0 aliphatic carbocycles. The Bertz CT molecular complexity index is 1170. The summed E-state index contributed by atoms with van der Waals surface area (Å²) in [6, 6.07) is 20.1. The van der Waals surface area contributed by atoms with Gasteiger partial charge in [0.05, 0.1) is 19.4 Å². The smallest absolute Gasteiger partial charge is 0.255 e. The van der Waals surface area contributed by atoms with Crippen molar-refractivity contribution in [1.29, 1.82) is 0 Å². The topological polar surface area (TPSA) is 73.6 Å². The van der Waals surface area contributed by atoms with Crippen LogP contribution >= 0.6 is 0 Å². The van der Waals surface area contributed by atoms with Crippen LogP contribution in [0, 0.1) is 0 Å². The van der Waals surface area contributed by atoms with Gasteiger partial charge in [-0.25, -0.2) is 4.98 Å². The predicted molar refractivity (Wildman–Crippen MR) is 121 cm³/mol. The van der Waals surface area contributed by atoms with E-state index in [1.807, 2.05) is 42.5 Å². The zero-order chi connectivity index (χ0) is 21.6. The Morgan fingerprint density at radius 3 is 2.74 bits per heavy atom. The van der Waals surface area contributed by atoms with Crippen molar-refractivity contribution in [3.05, 3.63) is 72.3 Å². The van der Waals surface area contributed by atoms with Crippen LogP contribution in [0.2, 0.25) is 0 Å². The average Bonchev–Trinajstić information content (AvgIpc) is 3.24. The number of amides is 1. The van der Waals surface area contributed by atoms with Gasteiger partial charge in [0, 0.05) is 11.1 Å². The van der Waals surface area contributed by atoms with Crippen LogP contribution in [-0.4, -0.2) is 24.6 Å². The van der Waals surface area contributed by atoms with E-state index < -0.39 is 0 Å². The summed E-state index contributed by atoms with van der Waals surface area (Å²) in [5.74, 6) is 1.44. The average molecular weight is 416 g/mol. The number of carbonyl (C=O) groups is 1. The Hall–Kier alpha value is -3.80. The molecule has 0 radical (unpaired) electrons. The first kappa shape index (κ1) is 20.5. The summed E-state index contributed by atoms with van der Waals surface area (Å²) in [6.07, 6.45) is 2.02. The molecule has 31 heavy (non-hydrogen) atoms. The number of fused-ring (bicyclic) bond motifs is 1. The van der Waals surface area contributed by atoms with Gasteiger partial charge in [-0.15, -0.1) is 0 Å². The molecular formula is C25H24N2O4. The van der Waals surface area contributed by atoms with E-state index in [1.54, 1.807) is 31.4 Å². The van der Waals surface area contributed by atoms with E-state index in [1.165, 1.54) is 0 Å². The number of nitrogens with one attached hydrogen (secondary N) is 1. The highest BCUT2D eigenvalue weighted by Crippen LogP contribution is 2.32. The monoisotopic (exact) mass is 416 g/mol. The number of hydrogen-bond acceptors (Lipinski definition) is 5. The number of ether oxygens (including phenoxy) is 2. The summed E-state index contributed by atoms with van der Waals surface area (Å²) < 4.78 is 17.0. The van der Waals surface area contributed by atoms with Crippen LogP contribution in [0.5, 0.6) is 11.5 Å². The maximum Gasteiger partial charge on any atom is 0.255 e. The molecule has 0 aliphatic heterocycles. The van der Waals surface area contributed by atoms with E-state index in [-0.39, 0.29) is 5.91 Å². The number of nitrogens with zero attached hydrogens (tertiary/aromatic N) is 1. The second kappa shape index (κ2) is 9.34. The van der Waals surface area contributed by atoms with E-state index >= 15 is 0 Å². The Kier molecular flexibility index (Phi) is 6.17. The number of para-hydroxylation sites is 2. The normalized spacial score (nSPS) is 10.8. The molecule has 6 nitrogen and oxygen atoms in total. The molecule has 4 rings (SSSR count). The third-order valence-electron chi connectivity index (χ3n) is 4.85. The van der Waals surface area contributed by atoms with Crippen molar-refractivity contribution < 1.29 is 18.7 Å². The maximum atomic E-state index is 12.9. The van der Waals surface area contributed by atoms with Crippen LogP contribution in [0.25, 0.3) is 22.6 Å². The van der Waals surface area contributed by atoms with Crippen molar-refractivity contribution in [2.24, 2.45) is 0 Å². The molecule has 0 bridgehead atoms. The van der Waals surface area contributed by atoms with E-state index in [2.05, 4.69) is 17.2 Å². The summed E-state index contributed by atoms with van der Waals surface area (Å²) in [7, 11) is 1.56. The lowest BCUT2D eigenvalue weighted by molar-refractivity contribution is 0.102. The van der Waals surface area contributed by atoms with Crippen LogP contribution in [0.4, 0.5) is 5.69 Å². The Morgan fingerprint density at radius 2 is 1.94 bits per heavy atom. The summed E-state index contributed by atoms with van der Waals surface area (Å²) in [6.45, 7) is 2.73. The molecule has 0 aliphatic rings. The number of rotatable bonds is 8. The predicted octanol–water partition coefficient (Wildman–Crippen LogP) is 5.93. The van der Waals surface area contributed by atoms with Gasteiger partial charge in [0.25, 0.3) is 5.91 Å². The third-order valence-corrected chi connectivity index (χ3v) is 4.85. The number of carbonyl (C=O) groups excluding carboxylic acids is 1. The highest BCUT2D eigenvalue weighted by atomic mass is 16.5. The van der Waals surface area contributed by atoms with E-state index in [0.717, 1.165) is 23.9 Å². The summed E-state index contributed by atoms with van der Waals surface area (Å²) in [5.41, 5.74) is 3.26. The molecule has 0 unspecified atom stereocenters. The van der Waals surface area contributed by atoms with Gasteiger partial charge >= 0.3 is 0 Å². The molecule has 3 aromatic carbocycles. The zero-order valence-corrected chi connectivity index (χ0v) is 17.6. The SMILES string of the molecule is CCCCOc1cccc(C(=O)Nc2cc(-c3nc4ccccc4o3)ccc2OC)c1. The fourth-order valence-electron chi connectivity index (χ4n) is 3.19. The Morgan fingerprint density at radius 1 is 1.06 bits per heavy atom. The van der Waals surface area contributed by atoms with Crippen molar-refractivity contribution in [1.82, 2.24) is 4.98 Å². The highest BCUT2D eigenvalue weighted by molar-refractivity contribution is 6.05. The molecule has 0 saturated heterocycles. The minimum absolute atomic E-state index is 0.256. The molecule has 158 valence electrons. The van der Waals surface area contributed by atoms with Crippen LogP contribution in [-0.2, 0) is 0 Å². The van der Waals surface area contributed by atoms with Gasteiger partial charge in [-0.05, 0) is 55.0 Å². The van der Waals surface area contributed by atoms with Crippen LogP contribution in [0.1, 0.15) is 30.1 Å². The lowest BCUT2D eigenvalue weighted by Crippen LogP contribution is -2.13. The molecule has 1 heterocycles. The van der Waals surface area contributed by atoms with Gasteiger partial charge in [-0.3, -0.25) is 4.79 Å². The van der Waals surface area contributed by atoms with E-state index in [4.69, 9.17) is 13.9 Å². The van der Waals surface area contributed by atoms with E-state index in [9.17, 15) is 4.79 Å². The number of oxazole rings is 1. The van der Waals surface area contributed by atoms with Crippen molar-refractivity contribution in [3.8, 4) is 23.0 Å². The summed E-state index contributed by atoms with van der Waals surface area (Å²) >= 11 is 0. The first-order chi connectivity index (χ1) is 15.2. The highest BCUT2D eigenvalue weighted by Gasteiger charge is 2.14. The second-order valence-electron chi connectivity index (χ2n) is 7.09. The number of aromatic nitrogens is 1. The number of anilines is 1. The molecular weight excluding hydrogens is 392 g/mol. The van der Waals surface area contributed by atoms with Gasteiger partial charge < -0.3 is 19.2 Å². The molecule has 0 atom stereocenters. The van der Waals surface area contributed by atoms with Gasteiger partial charge in [-0.2, -0.15) is 0 Å². The van der Waals surface area contributed by atoms with Crippen LogP contribution in [0.15, 0.2) is 71.1 Å². The van der Waals surface area contributed by atoms with E-state index in [0.29, 0.717) is 40.8 Å². The largest absolute Gasteiger partial charge is 0.495 e. The first-order valence-corrected chi connectivity index (χ1v) is 10.3. The molecule has 1 amide bonds. The molecule has 1 N–H and O–H groups in total. The van der Waals surface area contributed by atoms with Crippen molar-refractivity contribution in [2.45, 2.75) is 19.8 Å². The zero-order valence-electron chi connectivity index (χ0n) is 17.6. The first-order valence-electron chi connectivity index (χ1n) is 10.3. The van der Waals surface area contributed by atoms with Crippen molar-refractivity contribution in [2.75, 3.05) is 19.0 Å². The maximum absolute atomic E-state index is 12.9. The van der Waals surface area contributed by atoms with Gasteiger partial charge in [0.15, 0.2) is 5.58 Å². The van der Waals surface area contributed by atoms with Gasteiger partial charge in [0.1, 0.15) is 17.0 Å². The second-order valence-corrected chi connectivity index (χ2v) is 7.09. The summed E-state index contributed by atoms with van der Waals surface area (Å²) in [4.78, 5) is 17.4. The lowest BCUT2D eigenvalue weighted by Gasteiger charge is -2.12. The Labute approximate surface area is 180 Å². The minimum atomic E-state index is -0.256. The fourth-order valence-corrected chi connectivity index (χ4v) is 3.19.